The molecule has 2 N–H and O–H groups in total. The third-order valence-electron chi connectivity index (χ3n) is 4.20. The van der Waals surface area contributed by atoms with E-state index >= 15 is 0 Å². The fourth-order valence-electron chi connectivity index (χ4n) is 3.02. The van der Waals surface area contributed by atoms with Crippen LogP contribution in [0, 0.1) is 5.92 Å². The second-order valence-corrected chi connectivity index (χ2v) is 6.15. The summed E-state index contributed by atoms with van der Waals surface area (Å²) < 4.78 is 0. The van der Waals surface area contributed by atoms with Gasteiger partial charge < -0.3 is 15.0 Å². The first-order chi connectivity index (χ1) is 10.2. The molecule has 0 spiro atoms. The monoisotopic (exact) mass is 306 g/mol. The highest BCUT2D eigenvalue weighted by atomic mass is 35.5. The topological polar surface area (TPSA) is 56.3 Å². The van der Waals surface area contributed by atoms with Gasteiger partial charge in [0.05, 0.1) is 6.42 Å². The lowest BCUT2D eigenvalue weighted by Crippen LogP contribution is -2.41. The van der Waals surface area contributed by atoms with Gasteiger partial charge in [0, 0.05) is 41.8 Å². The number of aliphatic hydroxyl groups is 1. The van der Waals surface area contributed by atoms with Crippen molar-refractivity contribution in [2.75, 3.05) is 19.7 Å². The van der Waals surface area contributed by atoms with Crippen molar-refractivity contribution in [2.45, 2.75) is 19.3 Å². The van der Waals surface area contributed by atoms with Crippen LogP contribution in [0.2, 0.25) is 5.02 Å². The van der Waals surface area contributed by atoms with E-state index in [1.165, 1.54) is 0 Å². The van der Waals surface area contributed by atoms with Gasteiger partial charge in [-0.25, -0.2) is 0 Å². The molecule has 2 aromatic rings. The standard InChI is InChI=1S/C16H19ClN2O2/c17-13-3-4-14-12(8-18-15(14)7-13)6-16(21)19-5-1-2-11(9-19)10-20/h3-4,7-8,11,18,20H,1-2,5-6,9-10H2. The van der Waals surface area contributed by atoms with Crippen molar-refractivity contribution in [3.8, 4) is 0 Å². The number of piperidine rings is 1. The van der Waals surface area contributed by atoms with Crippen LogP contribution in [-0.2, 0) is 11.2 Å². The maximum absolute atomic E-state index is 12.4. The van der Waals surface area contributed by atoms with Crippen molar-refractivity contribution in [3.05, 3.63) is 35.0 Å². The van der Waals surface area contributed by atoms with Gasteiger partial charge in [0.1, 0.15) is 0 Å². The quantitative estimate of drug-likeness (QED) is 0.916. The van der Waals surface area contributed by atoms with Gasteiger partial charge in [-0.2, -0.15) is 0 Å². The Hall–Kier alpha value is -1.52. The molecule has 1 unspecified atom stereocenters. The summed E-state index contributed by atoms with van der Waals surface area (Å²) in [5.74, 6) is 0.355. The predicted molar refractivity (Wildman–Crippen MR) is 83.4 cm³/mol. The number of likely N-dealkylation sites (tertiary alicyclic amines) is 1. The molecule has 1 amide bonds. The van der Waals surface area contributed by atoms with Gasteiger partial charge in [-0.3, -0.25) is 4.79 Å². The number of hydrogen-bond donors (Lipinski definition) is 2. The van der Waals surface area contributed by atoms with E-state index in [-0.39, 0.29) is 18.4 Å². The SMILES string of the molecule is O=C(Cc1c[nH]c2cc(Cl)ccc12)N1CCCC(CO)C1. The Labute approximate surface area is 128 Å². The second kappa shape index (κ2) is 6.08. The average molecular weight is 307 g/mol. The third-order valence-corrected chi connectivity index (χ3v) is 4.44. The largest absolute Gasteiger partial charge is 0.396 e. The molecule has 2 heterocycles. The first-order valence-electron chi connectivity index (χ1n) is 7.31. The van der Waals surface area contributed by atoms with Crippen LogP contribution in [0.1, 0.15) is 18.4 Å². The lowest BCUT2D eigenvalue weighted by atomic mass is 9.98. The number of amides is 1. The van der Waals surface area contributed by atoms with Gasteiger partial charge in [0.2, 0.25) is 5.91 Å². The number of fused-ring (bicyclic) bond motifs is 1. The van der Waals surface area contributed by atoms with E-state index in [9.17, 15) is 9.90 Å². The molecule has 1 saturated heterocycles. The Bertz CT molecular complexity index is 653. The molecule has 1 fully saturated rings. The molecule has 3 rings (SSSR count). The Morgan fingerprint density at radius 3 is 3.14 bits per heavy atom. The number of aliphatic hydroxyl groups excluding tert-OH is 1. The van der Waals surface area contributed by atoms with Gasteiger partial charge in [0.15, 0.2) is 0 Å². The molecule has 0 saturated carbocycles. The zero-order valence-corrected chi connectivity index (χ0v) is 12.6. The Balaban J connectivity index is 1.74. The van der Waals surface area contributed by atoms with Gasteiger partial charge in [-0.15, -0.1) is 0 Å². The van der Waals surface area contributed by atoms with Crippen LogP contribution < -0.4 is 0 Å². The van der Waals surface area contributed by atoms with Gasteiger partial charge >= 0.3 is 0 Å². The number of carbonyl (C=O) groups is 1. The average Bonchev–Trinajstić information content (AvgIpc) is 2.89. The number of carbonyl (C=O) groups excluding carboxylic acids is 1. The first kappa shape index (κ1) is 14.4. The minimum absolute atomic E-state index is 0.129. The summed E-state index contributed by atoms with van der Waals surface area (Å²) in [6, 6.07) is 5.66. The molecule has 4 nitrogen and oxygen atoms in total. The Morgan fingerprint density at radius 1 is 1.48 bits per heavy atom. The number of rotatable bonds is 3. The van der Waals surface area contributed by atoms with Gasteiger partial charge in [-0.05, 0) is 36.5 Å². The van der Waals surface area contributed by atoms with Crippen molar-refractivity contribution in [1.82, 2.24) is 9.88 Å². The van der Waals surface area contributed by atoms with E-state index in [1.807, 2.05) is 29.3 Å². The number of hydrogen-bond acceptors (Lipinski definition) is 2. The fourth-order valence-corrected chi connectivity index (χ4v) is 3.19. The number of benzene rings is 1. The predicted octanol–water partition coefficient (Wildman–Crippen LogP) is 2.59. The third kappa shape index (κ3) is 3.06. The minimum atomic E-state index is 0.129. The number of nitrogens with zero attached hydrogens (tertiary/aromatic N) is 1. The highest BCUT2D eigenvalue weighted by molar-refractivity contribution is 6.31. The van der Waals surface area contributed by atoms with E-state index in [4.69, 9.17) is 11.6 Å². The zero-order valence-electron chi connectivity index (χ0n) is 11.8. The van der Waals surface area contributed by atoms with Crippen molar-refractivity contribution in [1.29, 1.82) is 0 Å². The lowest BCUT2D eigenvalue weighted by molar-refractivity contribution is -0.132. The summed E-state index contributed by atoms with van der Waals surface area (Å²) in [5, 5.41) is 11.0. The van der Waals surface area contributed by atoms with E-state index < -0.39 is 0 Å². The van der Waals surface area contributed by atoms with Crippen molar-refractivity contribution >= 4 is 28.4 Å². The van der Waals surface area contributed by atoms with Crippen molar-refractivity contribution in [3.63, 3.8) is 0 Å². The molecule has 0 bridgehead atoms. The Morgan fingerprint density at radius 2 is 2.33 bits per heavy atom. The van der Waals surface area contributed by atoms with Crippen LogP contribution in [0.15, 0.2) is 24.4 Å². The lowest BCUT2D eigenvalue weighted by Gasteiger charge is -2.31. The molecule has 1 aromatic heterocycles. The van der Waals surface area contributed by atoms with Gasteiger partial charge in [0.25, 0.3) is 0 Å². The van der Waals surface area contributed by atoms with Crippen LogP contribution in [0.4, 0.5) is 0 Å². The number of halogens is 1. The number of aromatic nitrogens is 1. The van der Waals surface area contributed by atoms with Crippen LogP contribution in [0.3, 0.4) is 0 Å². The maximum Gasteiger partial charge on any atom is 0.227 e. The summed E-state index contributed by atoms with van der Waals surface area (Å²) >= 11 is 5.97. The molecule has 112 valence electrons. The molecule has 0 radical (unpaired) electrons. The summed E-state index contributed by atoms with van der Waals surface area (Å²) in [6.07, 6.45) is 4.25. The fraction of sp³-hybridized carbons (Fsp3) is 0.438. The smallest absolute Gasteiger partial charge is 0.227 e. The molecular weight excluding hydrogens is 288 g/mol. The van der Waals surface area contributed by atoms with E-state index in [2.05, 4.69) is 4.98 Å². The maximum atomic E-state index is 12.4. The molecule has 1 aromatic carbocycles. The number of H-pyrrole nitrogens is 1. The zero-order chi connectivity index (χ0) is 14.8. The van der Waals surface area contributed by atoms with Gasteiger partial charge in [-0.1, -0.05) is 17.7 Å². The van der Waals surface area contributed by atoms with E-state index in [1.54, 1.807) is 0 Å². The molecule has 1 aliphatic rings. The summed E-state index contributed by atoms with van der Waals surface area (Å²) in [7, 11) is 0. The molecule has 0 aliphatic carbocycles. The molecule has 21 heavy (non-hydrogen) atoms. The van der Waals surface area contributed by atoms with Crippen LogP contribution in [0.5, 0.6) is 0 Å². The number of aromatic amines is 1. The molecule has 1 atom stereocenters. The Kier molecular flexibility index (Phi) is 4.17. The summed E-state index contributed by atoms with van der Waals surface area (Å²) in [4.78, 5) is 17.5. The summed E-state index contributed by atoms with van der Waals surface area (Å²) in [5.41, 5.74) is 1.95. The second-order valence-electron chi connectivity index (χ2n) is 5.71. The van der Waals surface area contributed by atoms with Crippen LogP contribution >= 0.6 is 11.6 Å². The van der Waals surface area contributed by atoms with Crippen LogP contribution in [0.25, 0.3) is 10.9 Å². The highest BCUT2D eigenvalue weighted by Gasteiger charge is 2.23. The van der Waals surface area contributed by atoms with Crippen molar-refractivity contribution in [2.24, 2.45) is 5.92 Å². The highest BCUT2D eigenvalue weighted by Crippen LogP contribution is 2.23. The molecule has 1 aliphatic heterocycles. The molecular formula is C16H19ClN2O2. The minimum Gasteiger partial charge on any atom is -0.396 e. The van der Waals surface area contributed by atoms with E-state index in [0.717, 1.165) is 35.9 Å². The normalized spacial score (nSPS) is 19.1. The molecule has 5 heteroatoms. The number of nitrogens with one attached hydrogen (secondary N) is 1. The van der Waals surface area contributed by atoms with E-state index in [0.29, 0.717) is 18.0 Å². The first-order valence-corrected chi connectivity index (χ1v) is 7.69. The summed E-state index contributed by atoms with van der Waals surface area (Å²) in [6.45, 7) is 1.63. The van der Waals surface area contributed by atoms with Crippen LogP contribution in [-0.4, -0.2) is 40.6 Å². The van der Waals surface area contributed by atoms with Crippen molar-refractivity contribution < 1.29 is 9.90 Å².